The van der Waals surface area contributed by atoms with E-state index in [4.69, 9.17) is 9.15 Å². The molecule has 0 atom stereocenters. The number of fused-ring (bicyclic) bond motifs is 1. The summed E-state index contributed by atoms with van der Waals surface area (Å²) in [6, 6.07) is 8.06. The highest BCUT2D eigenvalue weighted by molar-refractivity contribution is 5.77. The van der Waals surface area contributed by atoms with E-state index >= 15 is 0 Å². The second kappa shape index (κ2) is 4.13. The van der Waals surface area contributed by atoms with Gasteiger partial charge in [0.2, 0.25) is 0 Å². The Morgan fingerprint density at radius 2 is 2.07 bits per heavy atom. The largest absolute Gasteiger partial charge is 0.491 e. The van der Waals surface area contributed by atoms with Gasteiger partial charge in [-0.2, -0.15) is 0 Å². The van der Waals surface area contributed by atoms with Crippen LogP contribution in [0.1, 0.15) is 0 Å². The highest BCUT2D eigenvalue weighted by Gasteiger charge is 1.99. The lowest BCUT2D eigenvalue weighted by molar-refractivity contribution is 0.273. The minimum atomic E-state index is -0.545. The van der Waals surface area contributed by atoms with Gasteiger partial charge in [-0.25, -0.2) is 9.18 Å². The van der Waals surface area contributed by atoms with E-state index in [-0.39, 0.29) is 6.61 Å². The van der Waals surface area contributed by atoms with Gasteiger partial charge in [-0.1, -0.05) is 0 Å². The molecule has 1 aromatic heterocycles. The highest BCUT2D eigenvalue weighted by Crippen LogP contribution is 2.19. The lowest BCUT2D eigenvalue weighted by atomic mass is 10.2. The summed E-state index contributed by atoms with van der Waals surface area (Å²) in [5.41, 5.74) is 0.0315. The van der Waals surface area contributed by atoms with Crippen LogP contribution in [0.2, 0.25) is 0 Å². The van der Waals surface area contributed by atoms with E-state index in [1.54, 1.807) is 24.3 Å². The molecule has 0 bridgehead atoms. The fourth-order valence-corrected chi connectivity index (χ4v) is 1.29. The fourth-order valence-electron chi connectivity index (χ4n) is 1.29. The zero-order valence-corrected chi connectivity index (χ0v) is 7.90. The Hall–Kier alpha value is -1.84. The van der Waals surface area contributed by atoms with Crippen LogP contribution in [0.3, 0.4) is 0 Å². The van der Waals surface area contributed by atoms with Gasteiger partial charge in [0.25, 0.3) is 0 Å². The summed E-state index contributed by atoms with van der Waals surface area (Å²) < 4.78 is 21.9. The molecule has 78 valence electrons. The molecule has 15 heavy (non-hydrogen) atoms. The maximum absolute atomic E-state index is 11.9. The van der Waals surface area contributed by atoms with Gasteiger partial charge < -0.3 is 9.15 Å². The molecule has 0 saturated heterocycles. The Morgan fingerprint density at radius 3 is 2.87 bits per heavy atom. The predicted molar refractivity (Wildman–Crippen MR) is 54.0 cm³/mol. The monoisotopic (exact) mass is 207 g/mol. The van der Waals surface area contributed by atoms with Crippen LogP contribution in [-0.4, -0.2) is 13.3 Å². The number of alkyl halides is 1. The van der Waals surface area contributed by atoms with Gasteiger partial charge in [0.05, 0.1) is 0 Å². The molecule has 4 heteroatoms. The van der Waals surface area contributed by atoms with Crippen molar-refractivity contribution in [1.29, 1.82) is 0 Å². The summed E-state index contributed by atoms with van der Waals surface area (Å²) in [4.78, 5) is 10.9. The van der Waals surface area contributed by atoms with E-state index in [0.717, 1.165) is 5.39 Å². The van der Waals surface area contributed by atoms with Crippen LogP contribution in [-0.2, 0) is 0 Å². The predicted octanol–water partition coefficient (Wildman–Crippen LogP) is 2.14. The zero-order valence-electron chi connectivity index (χ0n) is 7.90. The van der Waals surface area contributed by atoms with E-state index in [9.17, 15) is 9.18 Å². The van der Waals surface area contributed by atoms with Gasteiger partial charge in [0.1, 0.15) is 24.6 Å². The molecular formula is C11H9FO3. The number of hydrogen-bond donors (Lipinski definition) is 0. The maximum atomic E-state index is 11.9. The molecule has 0 radical (unpaired) electrons. The minimum absolute atomic E-state index is 0.00255. The molecule has 0 N–H and O–H groups in total. The summed E-state index contributed by atoms with van der Waals surface area (Å²) in [7, 11) is 0. The van der Waals surface area contributed by atoms with Crippen molar-refractivity contribution in [2.45, 2.75) is 0 Å². The standard InChI is InChI=1S/C11H9FO3/c12-5-6-14-9-3-1-8-2-4-11(13)15-10(8)7-9/h1-4,7H,5-6H2/i12-1. The molecule has 0 aliphatic heterocycles. The third kappa shape index (κ3) is 2.15. The second-order valence-electron chi connectivity index (χ2n) is 2.99. The summed E-state index contributed by atoms with van der Waals surface area (Å²) in [6.45, 7) is -0.542. The van der Waals surface area contributed by atoms with Crippen molar-refractivity contribution in [2.24, 2.45) is 0 Å². The topological polar surface area (TPSA) is 39.4 Å². The quantitative estimate of drug-likeness (QED) is 0.724. The first-order valence-electron chi connectivity index (χ1n) is 4.52. The summed E-state index contributed by atoms with van der Waals surface area (Å²) >= 11 is 0. The molecule has 1 heterocycles. The summed E-state index contributed by atoms with van der Waals surface area (Å²) in [5, 5.41) is 0.808. The molecule has 0 aliphatic carbocycles. The van der Waals surface area contributed by atoms with E-state index in [0.29, 0.717) is 11.3 Å². The SMILES string of the molecule is O=c1ccc2ccc(OCC[18F])cc2o1. The molecule has 0 amide bonds. The third-order valence-electron chi connectivity index (χ3n) is 1.94. The highest BCUT2D eigenvalue weighted by atomic mass is 18.2. The van der Waals surface area contributed by atoms with Crippen molar-refractivity contribution in [1.82, 2.24) is 0 Å². The molecule has 1 aromatic carbocycles. The number of benzene rings is 1. The Kier molecular flexibility index (Phi) is 2.67. The van der Waals surface area contributed by atoms with Gasteiger partial charge >= 0.3 is 5.63 Å². The summed E-state index contributed by atoms with van der Waals surface area (Å²) in [6.07, 6.45) is 0. The van der Waals surface area contributed by atoms with Crippen molar-refractivity contribution in [3.63, 3.8) is 0 Å². The molecule has 2 rings (SSSR count). The molecule has 0 saturated carbocycles. The van der Waals surface area contributed by atoms with Crippen molar-refractivity contribution in [3.05, 3.63) is 40.8 Å². The summed E-state index contributed by atoms with van der Waals surface area (Å²) in [5.74, 6) is 0.495. The van der Waals surface area contributed by atoms with Gasteiger partial charge in [-0.05, 0) is 18.2 Å². The van der Waals surface area contributed by atoms with Crippen LogP contribution in [0.5, 0.6) is 5.75 Å². The molecule has 0 fully saturated rings. The van der Waals surface area contributed by atoms with E-state index < -0.39 is 12.3 Å². The fraction of sp³-hybridized carbons (Fsp3) is 0.182. The van der Waals surface area contributed by atoms with Gasteiger partial charge in [0.15, 0.2) is 0 Å². The average molecular weight is 207 g/mol. The molecule has 0 spiro atoms. The Morgan fingerprint density at radius 1 is 1.27 bits per heavy atom. The molecule has 3 nitrogen and oxygen atoms in total. The number of rotatable bonds is 3. The normalized spacial score (nSPS) is 10.5. The first-order chi connectivity index (χ1) is 7.29. The number of hydrogen-bond acceptors (Lipinski definition) is 3. The van der Waals surface area contributed by atoms with Crippen LogP contribution >= 0.6 is 0 Å². The number of halogens is 1. The second-order valence-corrected chi connectivity index (χ2v) is 2.99. The van der Waals surface area contributed by atoms with E-state index in [1.165, 1.54) is 6.07 Å². The molecular weight excluding hydrogens is 198 g/mol. The maximum Gasteiger partial charge on any atom is 0.336 e. The minimum Gasteiger partial charge on any atom is -0.491 e. The van der Waals surface area contributed by atoms with Crippen molar-refractivity contribution >= 4 is 11.0 Å². The average Bonchev–Trinajstić information content (AvgIpc) is 2.25. The molecule has 0 aliphatic rings. The molecule has 0 unspecified atom stereocenters. The zero-order chi connectivity index (χ0) is 10.7. The van der Waals surface area contributed by atoms with Gasteiger partial charge in [-0.15, -0.1) is 0 Å². The number of ether oxygens (including phenoxy) is 1. The van der Waals surface area contributed by atoms with Gasteiger partial charge in [-0.3, -0.25) is 0 Å². The Labute approximate surface area is 85.1 Å². The smallest absolute Gasteiger partial charge is 0.336 e. The van der Waals surface area contributed by atoms with Crippen molar-refractivity contribution in [2.75, 3.05) is 13.3 Å². The van der Waals surface area contributed by atoms with Crippen LogP contribution in [0, 0.1) is 0 Å². The lowest BCUT2D eigenvalue weighted by Gasteiger charge is -2.03. The lowest BCUT2D eigenvalue weighted by Crippen LogP contribution is -1.99. The van der Waals surface area contributed by atoms with Crippen LogP contribution in [0.4, 0.5) is 4.39 Å². The van der Waals surface area contributed by atoms with Crippen LogP contribution in [0.15, 0.2) is 39.5 Å². The first kappa shape index (κ1) is 9.71. The van der Waals surface area contributed by atoms with E-state index in [1.807, 2.05) is 0 Å². The molecule has 2 aromatic rings. The first-order valence-corrected chi connectivity index (χ1v) is 4.52. The van der Waals surface area contributed by atoms with Crippen LogP contribution < -0.4 is 10.4 Å². The van der Waals surface area contributed by atoms with Gasteiger partial charge in [0, 0.05) is 17.5 Å². The van der Waals surface area contributed by atoms with Crippen LogP contribution in [0.25, 0.3) is 11.0 Å². The van der Waals surface area contributed by atoms with Crippen molar-refractivity contribution < 1.29 is 13.5 Å². The third-order valence-corrected chi connectivity index (χ3v) is 1.94. The Balaban J connectivity index is 2.40. The van der Waals surface area contributed by atoms with E-state index in [2.05, 4.69) is 0 Å². The van der Waals surface area contributed by atoms with Crippen molar-refractivity contribution in [3.8, 4) is 5.75 Å². The Bertz CT molecular complexity index is 518.